The molecule has 0 radical (unpaired) electrons. The summed E-state index contributed by atoms with van der Waals surface area (Å²) in [6, 6.07) is 3.77. The summed E-state index contributed by atoms with van der Waals surface area (Å²) in [6.45, 7) is 0.767. The number of hydrogen-bond acceptors (Lipinski definition) is 3. The van der Waals surface area contributed by atoms with Crippen molar-refractivity contribution in [3.63, 3.8) is 0 Å². The molecule has 7 heteroatoms. The normalized spacial score (nSPS) is 19.2. The standard InChI is InChI=1S/C13H16BrF2N3O/c14-10-3-4-12(17-6-10)19-5-1-2-9(8-19)13(20)18-7-11(15)16/h3-4,6,9,11H,1-2,5,7-8H2,(H,18,20). The second-order valence-corrected chi connectivity index (χ2v) is 5.67. The third-order valence-electron chi connectivity index (χ3n) is 3.26. The number of carbonyl (C=O) groups excluding carboxylic acids is 1. The average molecular weight is 348 g/mol. The first-order chi connectivity index (χ1) is 9.56. The van der Waals surface area contributed by atoms with Gasteiger partial charge in [-0.1, -0.05) is 0 Å². The highest BCUT2D eigenvalue weighted by atomic mass is 79.9. The minimum atomic E-state index is -2.51. The van der Waals surface area contributed by atoms with Crippen LogP contribution < -0.4 is 10.2 Å². The van der Waals surface area contributed by atoms with Crippen LogP contribution in [0.3, 0.4) is 0 Å². The minimum Gasteiger partial charge on any atom is -0.356 e. The van der Waals surface area contributed by atoms with Gasteiger partial charge in [0.1, 0.15) is 5.82 Å². The highest BCUT2D eigenvalue weighted by Crippen LogP contribution is 2.22. The van der Waals surface area contributed by atoms with E-state index in [0.717, 1.165) is 29.7 Å². The summed E-state index contributed by atoms with van der Waals surface area (Å²) in [4.78, 5) is 18.1. The van der Waals surface area contributed by atoms with Gasteiger partial charge in [0.05, 0.1) is 12.5 Å². The lowest BCUT2D eigenvalue weighted by Crippen LogP contribution is -2.44. The molecule has 1 aromatic rings. The van der Waals surface area contributed by atoms with Crippen LogP contribution >= 0.6 is 15.9 Å². The number of halogens is 3. The molecule has 1 N–H and O–H groups in total. The Labute approximate surface area is 124 Å². The Morgan fingerprint density at radius 1 is 1.55 bits per heavy atom. The van der Waals surface area contributed by atoms with Crippen LogP contribution in [-0.2, 0) is 4.79 Å². The van der Waals surface area contributed by atoms with Gasteiger partial charge in [-0.2, -0.15) is 0 Å². The first-order valence-corrected chi connectivity index (χ1v) is 7.28. The van der Waals surface area contributed by atoms with Crippen molar-refractivity contribution in [2.45, 2.75) is 19.3 Å². The molecule has 0 saturated carbocycles. The molecule has 1 aliphatic rings. The summed E-state index contributed by atoms with van der Waals surface area (Å²) in [5.41, 5.74) is 0. The van der Waals surface area contributed by atoms with Crippen LogP contribution in [0.1, 0.15) is 12.8 Å². The summed E-state index contributed by atoms with van der Waals surface area (Å²) < 4.78 is 25.1. The molecule has 1 aromatic heterocycles. The van der Waals surface area contributed by atoms with Gasteiger partial charge in [-0.25, -0.2) is 13.8 Å². The van der Waals surface area contributed by atoms with Crippen LogP contribution in [0.15, 0.2) is 22.8 Å². The van der Waals surface area contributed by atoms with Crippen LogP contribution in [0.4, 0.5) is 14.6 Å². The second-order valence-electron chi connectivity index (χ2n) is 4.76. The quantitative estimate of drug-likeness (QED) is 0.909. The third kappa shape index (κ3) is 4.13. The Morgan fingerprint density at radius 3 is 3.00 bits per heavy atom. The lowest BCUT2D eigenvalue weighted by Gasteiger charge is -2.32. The summed E-state index contributed by atoms with van der Waals surface area (Å²) in [5.74, 6) is 0.250. The zero-order valence-electron chi connectivity index (χ0n) is 10.9. The van der Waals surface area contributed by atoms with Crippen LogP contribution in [0.5, 0.6) is 0 Å². The van der Waals surface area contributed by atoms with Crippen molar-refractivity contribution in [2.75, 3.05) is 24.5 Å². The van der Waals surface area contributed by atoms with Gasteiger partial charge >= 0.3 is 0 Å². The Morgan fingerprint density at radius 2 is 2.35 bits per heavy atom. The first kappa shape index (κ1) is 15.2. The summed E-state index contributed by atoms with van der Waals surface area (Å²) in [6.07, 6.45) is 0.773. The zero-order valence-corrected chi connectivity index (χ0v) is 12.4. The number of piperidine rings is 1. The lowest BCUT2D eigenvalue weighted by atomic mass is 9.97. The van der Waals surface area contributed by atoms with E-state index in [9.17, 15) is 13.6 Å². The van der Waals surface area contributed by atoms with E-state index in [0.29, 0.717) is 6.54 Å². The molecule has 1 unspecified atom stereocenters. The van der Waals surface area contributed by atoms with Crippen molar-refractivity contribution < 1.29 is 13.6 Å². The van der Waals surface area contributed by atoms with Crippen molar-refractivity contribution >= 4 is 27.7 Å². The monoisotopic (exact) mass is 347 g/mol. The number of alkyl halides is 2. The van der Waals surface area contributed by atoms with Crippen molar-refractivity contribution in [1.29, 1.82) is 0 Å². The van der Waals surface area contributed by atoms with Crippen LogP contribution in [-0.4, -0.2) is 37.0 Å². The van der Waals surface area contributed by atoms with Gasteiger partial charge in [-0.05, 0) is 40.9 Å². The summed E-state index contributed by atoms with van der Waals surface area (Å²) in [7, 11) is 0. The fraction of sp³-hybridized carbons (Fsp3) is 0.538. The van der Waals surface area contributed by atoms with E-state index in [1.807, 2.05) is 17.0 Å². The zero-order chi connectivity index (χ0) is 14.5. The van der Waals surface area contributed by atoms with E-state index in [2.05, 4.69) is 26.2 Å². The number of carbonyl (C=O) groups is 1. The first-order valence-electron chi connectivity index (χ1n) is 6.48. The number of amides is 1. The largest absolute Gasteiger partial charge is 0.356 e. The topological polar surface area (TPSA) is 45.2 Å². The molecular formula is C13H16BrF2N3O. The molecule has 0 spiro atoms. The van der Waals surface area contributed by atoms with E-state index in [1.165, 1.54) is 0 Å². The Kier molecular flexibility index (Phi) is 5.28. The highest BCUT2D eigenvalue weighted by Gasteiger charge is 2.26. The molecule has 1 fully saturated rings. The molecule has 2 rings (SSSR count). The molecule has 20 heavy (non-hydrogen) atoms. The molecule has 1 saturated heterocycles. The highest BCUT2D eigenvalue weighted by molar-refractivity contribution is 9.10. The van der Waals surface area contributed by atoms with Crippen LogP contribution in [0.2, 0.25) is 0 Å². The third-order valence-corrected chi connectivity index (χ3v) is 3.73. The second kappa shape index (κ2) is 6.97. The number of nitrogens with zero attached hydrogens (tertiary/aromatic N) is 2. The predicted octanol–water partition coefficient (Wildman–Crippen LogP) is 2.44. The van der Waals surface area contributed by atoms with Crippen molar-refractivity contribution in [3.05, 3.63) is 22.8 Å². The number of pyridine rings is 1. The average Bonchev–Trinajstić information content (AvgIpc) is 2.45. The van der Waals surface area contributed by atoms with Gasteiger partial charge in [0.25, 0.3) is 6.43 Å². The van der Waals surface area contributed by atoms with Gasteiger partial charge in [0.2, 0.25) is 5.91 Å². The smallest absolute Gasteiger partial charge is 0.255 e. The fourth-order valence-corrected chi connectivity index (χ4v) is 2.51. The maximum atomic E-state index is 12.1. The summed E-state index contributed by atoms with van der Waals surface area (Å²) >= 11 is 3.32. The molecule has 0 bridgehead atoms. The van der Waals surface area contributed by atoms with Gasteiger partial charge in [0.15, 0.2) is 0 Å². The SMILES string of the molecule is O=C(NCC(F)F)C1CCCN(c2ccc(Br)cn2)C1. The minimum absolute atomic E-state index is 0.257. The maximum absolute atomic E-state index is 12.1. The van der Waals surface area contributed by atoms with Gasteiger partial charge in [0, 0.05) is 23.8 Å². The molecule has 0 aliphatic carbocycles. The number of rotatable bonds is 4. The molecular weight excluding hydrogens is 332 g/mol. The molecule has 110 valence electrons. The Hall–Kier alpha value is -1.24. The van der Waals surface area contributed by atoms with E-state index in [4.69, 9.17) is 0 Å². The van der Waals surface area contributed by atoms with Crippen molar-refractivity contribution in [1.82, 2.24) is 10.3 Å². The van der Waals surface area contributed by atoms with E-state index in [1.54, 1.807) is 6.20 Å². The number of aromatic nitrogens is 1. The number of anilines is 1. The van der Waals surface area contributed by atoms with E-state index >= 15 is 0 Å². The van der Waals surface area contributed by atoms with E-state index in [-0.39, 0.29) is 11.8 Å². The van der Waals surface area contributed by atoms with Crippen LogP contribution in [0.25, 0.3) is 0 Å². The van der Waals surface area contributed by atoms with Gasteiger partial charge < -0.3 is 10.2 Å². The fourth-order valence-electron chi connectivity index (χ4n) is 2.28. The number of hydrogen-bond donors (Lipinski definition) is 1. The van der Waals surface area contributed by atoms with Crippen molar-refractivity contribution in [2.24, 2.45) is 5.92 Å². The Bertz CT molecular complexity index is 455. The number of nitrogens with one attached hydrogen (secondary N) is 1. The Balaban J connectivity index is 1.94. The molecule has 2 heterocycles. The maximum Gasteiger partial charge on any atom is 0.255 e. The molecule has 0 aromatic carbocycles. The van der Waals surface area contributed by atoms with Crippen molar-refractivity contribution in [3.8, 4) is 0 Å². The van der Waals surface area contributed by atoms with Crippen LogP contribution in [0, 0.1) is 5.92 Å². The molecule has 1 aliphatic heterocycles. The van der Waals surface area contributed by atoms with Gasteiger partial charge in [-0.3, -0.25) is 4.79 Å². The molecule has 4 nitrogen and oxygen atoms in total. The summed E-state index contributed by atoms with van der Waals surface area (Å²) in [5, 5.41) is 2.29. The van der Waals surface area contributed by atoms with E-state index < -0.39 is 13.0 Å². The van der Waals surface area contributed by atoms with Gasteiger partial charge in [-0.15, -0.1) is 0 Å². The molecule has 1 amide bonds. The predicted molar refractivity (Wildman–Crippen MR) is 75.9 cm³/mol. The lowest BCUT2D eigenvalue weighted by molar-refractivity contribution is -0.125. The molecule has 1 atom stereocenters.